The Hall–Kier alpha value is -0.780. The number of hydrogen-bond donors (Lipinski definition) is 0. The Labute approximate surface area is 83.9 Å². The largest absolute Gasteiger partial charge is 0.390 e. The van der Waals surface area contributed by atoms with Crippen molar-refractivity contribution >= 4 is 11.6 Å². The van der Waals surface area contributed by atoms with Gasteiger partial charge in [0.05, 0.1) is 18.7 Å². The lowest BCUT2D eigenvalue weighted by Crippen LogP contribution is -2.12. The first kappa shape index (κ1) is 11.3. The van der Waals surface area contributed by atoms with Crippen molar-refractivity contribution < 1.29 is 13.2 Å². The van der Waals surface area contributed by atoms with Crippen LogP contribution in [0.15, 0.2) is 6.20 Å². The summed E-state index contributed by atoms with van der Waals surface area (Å²) in [4.78, 5) is 0. The van der Waals surface area contributed by atoms with E-state index in [0.29, 0.717) is 18.0 Å². The zero-order chi connectivity index (χ0) is 10.6. The third-order valence-corrected chi connectivity index (χ3v) is 1.75. The lowest BCUT2D eigenvalue weighted by Gasteiger charge is -2.04. The highest BCUT2D eigenvalue weighted by atomic mass is 35.5. The van der Waals surface area contributed by atoms with E-state index < -0.39 is 12.6 Å². The number of nitrogens with zero attached hydrogens (tertiary/aromatic N) is 3. The highest BCUT2D eigenvalue weighted by Gasteiger charge is 2.26. The van der Waals surface area contributed by atoms with E-state index in [4.69, 9.17) is 11.6 Å². The van der Waals surface area contributed by atoms with Gasteiger partial charge in [-0.25, -0.2) is 0 Å². The summed E-state index contributed by atoms with van der Waals surface area (Å²) in [6.07, 6.45) is -3.04. The summed E-state index contributed by atoms with van der Waals surface area (Å²) in [6, 6.07) is 0. The van der Waals surface area contributed by atoms with Gasteiger partial charge in [-0.05, 0) is 0 Å². The Morgan fingerprint density at radius 2 is 2.14 bits per heavy atom. The van der Waals surface area contributed by atoms with Crippen molar-refractivity contribution in [3.63, 3.8) is 0 Å². The second kappa shape index (κ2) is 4.63. The summed E-state index contributed by atoms with van der Waals surface area (Å²) in [5.41, 5.74) is 0.613. The van der Waals surface area contributed by atoms with Gasteiger partial charge in [-0.1, -0.05) is 5.21 Å². The summed E-state index contributed by atoms with van der Waals surface area (Å²) >= 11 is 5.44. The molecule has 7 heteroatoms. The Morgan fingerprint density at radius 1 is 1.43 bits per heavy atom. The molecule has 0 spiro atoms. The second-order valence-electron chi connectivity index (χ2n) is 2.78. The van der Waals surface area contributed by atoms with Crippen LogP contribution in [0.5, 0.6) is 0 Å². The summed E-state index contributed by atoms with van der Waals surface area (Å²) in [7, 11) is 0. The lowest BCUT2D eigenvalue weighted by atomic mass is 10.4. The van der Waals surface area contributed by atoms with E-state index in [1.54, 1.807) is 0 Å². The normalized spacial score (nSPS) is 12.0. The number of rotatable bonds is 4. The van der Waals surface area contributed by atoms with Gasteiger partial charge < -0.3 is 0 Å². The van der Waals surface area contributed by atoms with Gasteiger partial charge in [-0.2, -0.15) is 13.2 Å². The number of alkyl halides is 4. The van der Waals surface area contributed by atoms with E-state index in [-0.39, 0.29) is 6.54 Å². The number of halogens is 4. The molecule has 0 aliphatic rings. The Bertz CT molecular complexity index is 284. The molecule has 0 atom stereocenters. The molecule has 0 saturated heterocycles. The Morgan fingerprint density at radius 3 is 2.71 bits per heavy atom. The third-order valence-electron chi connectivity index (χ3n) is 1.56. The predicted octanol–water partition coefficient (Wildman–Crippen LogP) is 2.01. The smallest absolute Gasteiger partial charge is 0.252 e. The van der Waals surface area contributed by atoms with Crippen molar-refractivity contribution in [2.24, 2.45) is 0 Å². The average molecular weight is 228 g/mol. The monoisotopic (exact) mass is 227 g/mol. The van der Waals surface area contributed by atoms with E-state index in [2.05, 4.69) is 10.3 Å². The quantitative estimate of drug-likeness (QED) is 0.737. The fourth-order valence-electron chi connectivity index (χ4n) is 0.901. The van der Waals surface area contributed by atoms with E-state index in [9.17, 15) is 13.2 Å². The maximum absolute atomic E-state index is 11.8. The molecule has 0 aliphatic heterocycles. The number of aromatic nitrogens is 3. The minimum Gasteiger partial charge on any atom is -0.252 e. The first-order chi connectivity index (χ1) is 6.51. The van der Waals surface area contributed by atoms with Gasteiger partial charge in [0.2, 0.25) is 0 Å². The fraction of sp³-hybridized carbons (Fsp3) is 0.714. The van der Waals surface area contributed by atoms with Crippen molar-refractivity contribution in [3.8, 4) is 0 Å². The van der Waals surface area contributed by atoms with Gasteiger partial charge in [0.1, 0.15) is 0 Å². The van der Waals surface area contributed by atoms with E-state index >= 15 is 0 Å². The van der Waals surface area contributed by atoms with E-state index in [1.807, 2.05) is 0 Å². The third kappa shape index (κ3) is 3.95. The number of aryl methyl sites for hydroxylation is 2. The van der Waals surface area contributed by atoms with Crippen LogP contribution in [0.4, 0.5) is 13.2 Å². The maximum Gasteiger partial charge on any atom is 0.390 e. The van der Waals surface area contributed by atoms with Crippen LogP contribution in [-0.4, -0.2) is 27.1 Å². The molecule has 0 N–H and O–H groups in total. The molecule has 0 fully saturated rings. The number of hydrogen-bond acceptors (Lipinski definition) is 2. The van der Waals surface area contributed by atoms with Gasteiger partial charge in [0.15, 0.2) is 0 Å². The SMILES string of the molecule is FC(F)(F)CCn1cc(CCCl)nn1. The fourth-order valence-corrected chi connectivity index (χ4v) is 1.09. The molecule has 0 amide bonds. The van der Waals surface area contributed by atoms with Gasteiger partial charge in [0.25, 0.3) is 0 Å². The predicted molar refractivity (Wildman–Crippen MR) is 45.1 cm³/mol. The molecule has 3 nitrogen and oxygen atoms in total. The zero-order valence-electron chi connectivity index (χ0n) is 7.26. The van der Waals surface area contributed by atoms with Crippen LogP contribution < -0.4 is 0 Å². The molecule has 0 saturated carbocycles. The molecule has 1 aromatic rings. The van der Waals surface area contributed by atoms with Crippen LogP contribution in [0.2, 0.25) is 0 Å². The van der Waals surface area contributed by atoms with Gasteiger partial charge in [-0.15, -0.1) is 16.7 Å². The topological polar surface area (TPSA) is 30.7 Å². The average Bonchev–Trinajstić information content (AvgIpc) is 2.49. The molecular formula is C7H9ClF3N3. The van der Waals surface area contributed by atoms with Gasteiger partial charge >= 0.3 is 6.18 Å². The Kier molecular flexibility index (Phi) is 3.74. The van der Waals surface area contributed by atoms with Crippen molar-refractivity contribution in [2.45, 2.75) is 25.6 Å². The maximum atomic E-state index is 11.8. The summed E-state index contributed by atoms with van der Waals surface area (Å²) in [5.74, 6) is 0.387. The molecule has 1 rings (SSSR count). The molecule has 0 unspecified atom stereocenters. The van der Waals surface area contributed by atoms with Gasteiger partial charge in [0, 0.05) is 18.5 Å². The minimum atomic E-state index is -4.15. The molecule has 0 aromatic carbocycles. The highest BCUT2D eigenvalue weighted by Crippen LogP contribution is 2.19. The Balaban J connectivity index is 2.44. The lowest BCUT2D eigenvalue weighted by molar-refractivity contribution is -0.137. The minimum absolute atomic E-state index is 0.196. The molecular weight excluding hydrogens is 219 g/mol. The first-order valence-electron chi connectivity index (χ1n) is 4.03. The molecule has 0 aliphatic carbocycles. The van der Waals surface area contributed by atoms with Crippen LogP contribution >= 0.6 is 11.6 Å². The first-order valence-corrected chi connectivity index (χ1v) is 4.56. The zero-order valence-corrected chi connectivity index (χ0v) is 8.02. The van der Waals surface area contributed by atoms with Crippen LogP contribution in [0.25, 0.3) is 0 Å². The van der Waals surface area contributed by atoms with E-state index in [1.165, 1.54) is 10.9 Å². The van der Waals surface area contributed by atoms with Crippen LogP contribution in [0, 0.1) is 0 Å². The standard InChI is InChI=1S/C7H9ClF3N3/c8-3-1-6-5-14(13-12-6)4-2-7(9,10)11/h5H,1-4H2. The van der Waals surface area contributed by atoms with E-state index in [0.717, 1.165) is 0 Å². The van der Waals surface area contributed by atoms with Crippen molar-refractivity contribution in [3.05, 3.63) is 11.9 Å². The molecule has 1 aromatic heterocycles. The van der Waals surface area contributed by atoms with Crippen LogP contribution in [0.1, 0.15) is 12.1 Å². The molecule has 0 bridgehead atoms. The summed E-state index contributed by atoms with van der Waals surface area (Å²) < 4.78 is 36.6. The van der Waals surface area contributed by atoms with Crippen LogP contribution in [0.3, 0.4) is 0 Å². The highest BCUT2D eigenvalue weighted by molar-refractivity contribution is 6.17. The molecule has 14 heavy (non-hydrogen) atoms. The van der Waals surface area contributed by atoms with Crippen LogP contribution in [-0.2, 0) is 13.0 Å². The van der Waals surface area contributed by atoms with Crippen molar-refractivity contribution in [2.75, 3.05) is 5.88 Å². The van der Waals surface area contributed by atoms with Crippen molar-refractivity contribution in [1.82, 2.24) is 15.0 Å². The van der Waals surface area contributed by atoms with Crippen molar-refractivity contribution in [1.29, 1.82) is 0 Å². The molecule has 0 radical (unpaired) electrons. The summed E-state index contributed by atoms with van der Waals surface area (Å²) in [6.45, 7) is -0.196. The molecule has 80 valence electrons. The second-order valence-corrected chi connectivity index (χ2v) is 3.16. The van der Waals surface area contributed by atoms with Gasteiger partial charge in [-0.3, -0.25) is 4.68 Å². The summed E-state index contributed by atoms with van der Waals surface area (Å²) in [5, 5.41) is 7.21. The molecule has 1 heterocycles.